The molecule has 15 heavy (non-hydrogen) atoms. The molecule has 0 saturated heterocycles. The van der Waals surface area contributed by atoms with Crippen LogP contribution in [0, 0.1) is 0 Å². The number of aliphatic hydroxyl groups is 1. The van der Waals surface area contributed by atoms with Crippen LogP contribution in [-0.2, 0) is 9.59 Å². The zero-order chi connectivity index (χ0) is 11.3. The number of hydrogen-bond donors (Lipinski definition) is 1. The lowest BCUT2D eigenvalue weighted by atomic mass is 10.0. The van der Waals surface area contributed by atoms with Gasteiger partial charge in [-0.1, -0.05) is 13.3 Å². The molecule has 1 unspecified atom stereocenters. The monoisotopic (exact) mass is 210 g/mol. The van der Waals surface area contributed by atoms with Gasteiger partial charge >= 0.3 is 0 Å². The molecule has 0 aromatic rings. The molecule has 1 rings (SSSR count). The second kappa shape index (κ2) is 5.81. The van der Waals surface area contributed by atoms with E-state index in [0.717, 1.165) is 12.8 Å². The molecule has 1 aliphatic rings. The van der Waals surface area contributed by atoms with Crippen LogP contribution in [0.5, 0.6) is 0 Å². The molecule has 3 nitrogen and oxygen atoms in total. The highest BCUT2D eigenvalue weighted by molar-refractivity contribution is 5.97. The van der Waals surface area contributed by atoms with E-state index in [4.69, 9.17) is 0 Å². The maximum Gasteiger partial charge on any atom is 0.165 e. The van der Waals surface area contributed by atoms with Crippen molar-refractivity contribution in [3.63, 3.8) is 0 Å². The van der Waals surface area contributed by atoms with Gasteiger partial charge in [-0.05, 0) is 30.9 Å². The van der Waals surface area contributed by atoms with Crippen LogP contribution in [0.15, 0.2) is 11.6 Å². The van der Waals surface area contributed by atoms with Crippen molar-refractivity contribution >= 4 is 11.6 Å². The van der Waals surface area contributed by atoms with E-state index >= 15 is 0 Å². The van der Waals surface area contributed by atoms with Crippen LogP contribution in [0.4, 0.5) is 0 Å². The van der Waals surface area contributed by atoms with Crippen molar-refractivity contribution in [2.75, 3.05) is 0 Å². The van der Waals surface area contributed by atoms with Crippen LogP contribution < -0.4 is 0 Å². The van der Waals surface area contributed by atoms with Gasteiger partial charge in [-0.2, -0.15) is 0 Å². The average Bonchev–Trinajstić information content (AvgIpc) is 2.26. The van der Waals surface area contributed by atoms with Crippen LogP contribution in [-0.4, -0.2) is 22.8 Å². The third-order valence-electron chi connectivity index (χ3n) is 2.64. The third kappa shape index (κ3) is 3.59. The summed E-state index contributed by atoms with van der Waals surface area (Å²) in [5.41, 5.74) is 0.625. The van der Waals surface area contributed by atoms with Crippen molar-refractivity contribution in [3.8, 4) is 0 Å². The molecular weight excluding hydrogens is 192 g/mol. The number of carbonyl (C=O) groups excluding carboxylic acids is 2. The average molecular weight is 210 g/mol. The van der Waals surface area contributed by atoms with Gasteiger partial charge in [0.25, 0.3) is 0 Å². The Balaban J connectivity index is 2.83. The van der Waals surface area contributed by atoms with Gasteiger partial charge in [-0.25, -0.2) is 0 Å². The maximum atomic E-state index is 11.7. The van der Waals surface area contributed by atoms with Gasteiger partial charge in [0.15, 0.2) is 11.6 Å². The molecule has 0 aromatic carbocycles. The molecule has 0 fully saturated rings. The van der Waals surface area contributed by atoms with E-state index < -0.39 is 6.10 Å². The number of rotatable bonds is 2. The maximum absolute atomic E-state index is 11.7. The van der Waals surface area contributed by atoms with Gasteiger partial charge in [0, 0.05) is 12.8 Å². The molecule has 0 radical (unpaired) electrons. The molecule has 0 bridgehead atoms. The first-order valence-electron chi connectivity index (χ1n) is 5.59. The third-order valence-corrected chi connectivity index (χ3v) is 2.64. The Labute approximate surface area is 90.2 Å². The van der Waals surface area contributed by atoms with E-state index in [-0.39, 0.29) is 11.6 Å². The van der Waals surface area contributed by atoms with Gasteiger partial charge in [0.2, 0.25) is 0 Å². The fraction of sp³-hybridized carbons (Fsp3) is 0.667. The summed E-state index contributed by atoms with van der Waals surface area (Å²) in [6.45, 7) is 1.98. The number of ketones is 2. The van der Waals surface area contributed by atoms with Crippen LogP contribution in [0.3, 0.4) is 0 Å². The molecular formula is C12H18O3. The van der Waals surface area contributed by atoms with Crippen LogP contribution in [0.2, 0.25) is 0 Å². The Kier molecular flexibility index (Phi) is 4.69. The summed E-state index contributed by atoms with van der Waals surface area (Å²) in [6, 6.07) is 0. The molecule has 84 valence electrons. The quantitative estimate of drug-likeness (QED) is 0.756. The Morgan fingerprint density at radius 2 is 2.00 bits per heavy atom. The smallest absolute Gasteiger partial charge is 0.165 e. The van der Waals surface area contributed by atoms with E-state index in [1.807, 2.05) is 6.92 Å². The molecule has 0 amide bonds. The number of Topliss-reactive ketones (excluding diaryl/α,β-unsaturated/α-hetero) is 2. The van der Waals surface area contributed by atoms with Crippen molar-refractivity contribution in [2.45, 2.75) is 51.6 Å². The first-order chi connectivity index (χ1) is 7.15. The number of carbonyl (C=O) groups is 2. The van der Waals surface area contributed by atoms with Gasteiger partial charge in [0.1, 0.15) is 6.10 Å². The van der Waals surface area contributed by atoms with Gasteiger partial charge in [0.05, 0.1) is 0 Å². The summed E-state index contributed by atoms with van der Waals surface area (Å²) < 4.78 is 0. The van der Waals surface area contributed by atoms with Crippen LogP contribution in [0.1, 0.15) is 45.4 Å². The van der Waals surface area contributed by atoms with Crippen molar-refractivity contribution in [1.82, 2.24) is 0 Å². The van der Waals surface area contributed by atoms with E-state index in [9.17, 15) is 14.7 Å². The second-order valence-corrected chi connectivity index (χ2v) is 3.98. The summed E-state index contributed by atoms with van der Waals surface area (Å²) in [5, 5.41) is 9.54. The summed E-state index contributed by atoms with van der Waals surface area (Å²) >= 11 is 0. The van der Waals surface area contributed by atoms with Crippen molar-refractivity contribution in [2.24, 2.45) is 0 Å². The Hall–Kier alpha value is -0.960. The zero-order valence-electron chi connectivity index (χ0n) is 9.16. The predicted molar refractivity (Wildman–Crippen MR) is 57.5 cm³/mol. The summed E-state index contributed by atoms with van der Waals surface area (Å²) in [7, 11) is 0. The topological polar surface area (TPSA) is 54.4 Å². The standard InChI is InChI=1S/C12H18O3/c1-2-5-9-8-12(15)11(14)7-4-3-6-10(9)13/h8,12,15H,2-7H2,1H3. The van der Waals surface area contributed by atoms with Crippen LogP contribution in [0.25, 0.3) is 0 Å². The number of allylic oxidation sites excluding steroid dienone is 1. The van der Waals surface area contributed by atoms with Crippen molar-refractivity contribution in [1.29, 1.82) is 0 Å². The minimum Gasteiger partial charge on any atom is -0.381 e. The molecule has 1 atom stereocenters. The predicted octanol–water partition coefficient (Wildman–Crippen LogP) is 1.79. The lowest BCUT2D eigenvalue weighted by molar-refractivity contribution is -0.125. The van der Waals surface area contributed by atoms with E-state index in [1.54, 1.807) is 0 Å². The highest BCUT2D eigenvalue weighted by Crippen LogP contribution is 2.16. The first kappa shape index (κ1) is 12.1. The SMILES string of the molecule is CCCC1=CC(O)C(=O)CCCCC1=O. The highest BCUT2D eigenvalue weighted by atomic mass is 16.3. The van der Waals surface area contributed by atoms with Gasteiger partial charge in [-0.15, -0.1) is 0 Å². The summed E-state index contributed by atoms with van der Waals surface area (Å²) in [5.74, 6) is -0.0797. The van der Waals surface area contributed by atoms with Crippen LogP contribution >= 0.6 is 0 Å². The molecule has 1 N–H and O–H groups in total. The highest BCUT2D eigenvalue weighted by Gasteiger charge is 2.18. The molecule has 0 aromatic heterocycles. The van der Waals surface area contributed by atoms with E-state index in [1.165, 1.54) is 6.08 Å². The zero-order valence-corrected chi connectivity index (χ0v) is 9.16. The molecule has 1 aliphatic carbocycles. The number of hydrogen-bond acceptors (Lipinski definition) is 3. The van der Waals surface area contributed by atoms with E-state index in [0.29, 0.717) is 31.3 Å². The lowest BCUT2D eigenvalue weighted by Gasteiger charge is -2.06. The van der Waals surface area contributed by atoms with Crippen molar-refractivity contribution < 1.29 is 14.7 Å². The normalized spacial score (nSPS) is 24.1. The number of aliphatic hydroxyl groups excluding tert-OH is 1. The largest absolute Gasteiger partial charge is 0.381 e. The fourth-order valence-corrected chi connectivity index (χ4v) is 1.76. The summed E-state index contributed by atoms with van der Waals surface area (Å²) in [4.78, 5) is 23.0. The minimum atomic E-state index is -1.08. The Morgan fingerprint density at radius 1 is 1.33 bits per heavy atom. The first-order valence-corrected chi connectivity index (χ1v) is 5.59. The summed E-state index contributed by atoms with van der Waals surface area (Å²) in [6.07, 6.45) is 4.22. The molecule has 0 spiro atoms. The van der Waals surface area contributed by atoms with Crippen molar-refractivity contribution in [3.05, 3.63) is 11.6 Å². The molecule has 0 heterocycles. The Bertz CT molecular complexity index is 279. The van der Waals surface area contributed by atoms with E-state index in [2.05, 4.69) is 0 Å². The second-order valence-electron chi connectivity index (χ2n) is 3.98. The fourth-order valence-electron chi connectivity index (χ4n) is 1.76. The lowest BCUT2D eigenvalue weighted by Crippen LogP contribution is -2.18. The Morgan fingerprint density at radius 3 is 2.67 bits per heavy atom. The van der Waals surface area contributed by atoms with Gasteiger partial charge in [-0.3, -0.25) is 9.59 Å². The molecule has 0 aliphatic heterocycles. The molecule has 0 saturated carbocycles. The molecule has 3 heteroatoms. The van der Waals surface area contributed by atoms with Gasteiger partial charge < -0.3 is 5.11 Å². The minimum absolute atomic E-state index is 0.0885.